The van der Waals surface area contributed by atoms with Crippen molar-refractivity contribution in [3.05, 3.63) is 57.7 Å². The molecule has 0 spiro atoms. The van der Waals surface area contributed by atoms with Crippen LogP contribution in [-0.2, 0) is 9.53 Å². The molecule has 0 N–H and O–H groups in total. The summed E-state index contributed by atoms with van der Waals surface area (Å²) in [6.45, 7) is 2.71. The molecule has 2 aromatic carbocycles. The number of methoxy groups -OCH3 is 2. The van der Waals surface area contributed by atoms with E-state index in [-0.39, 0.29) is 11.6 Å². The minimum atomic E-state index is -0.505. The number of hydrogen-bond donors (Lipinski definition) is 0. The van der Waals surface area contributed by atoms with E-state index in [9.17, 15) is 4.79 Å². The van der Waals surface area contributed by atoms with Crippen LogP contribution >= 0.6 is 15.9 Å². The van der Waals surface area contributed by atoms with Crippen molar-refractivity contribution >= 4 is 33.9 Å². The molecule has 7 heteroatoms. The van der Waals surface area contributed by atoms with Crippen LogP contribution in [0.4, 0.5) is 0 Å². The van der Waals surface area contributed by atoms with Gasteiger partial charge in [0.15, 0.2) is 17.2 Å². The monoisotopic (exact) mass is 459 g/mol. The summed E-state index contributed by atoms with van der Waals surface area (Å²) in [5.74, 6) is 1.68. The molecule has 3 rings (SSSR count). The van der Waals surface area contributed by atoms with Gasteiger partial charge in [0.25, 0.3) is 0 Å². The normalized spacial score (nSPS) is 14.6. The lowest BCUT2D eigenvalue weighted by molar-refractivity contribution is -0.129. The number of esters is 1. The number of carbonyl (C=O) groups is 1. The zero-order valence-electron chi connectivity index (χ0n) is 16.5. The van der Waals surface area contributed by atoms with Crippen LogP contribution in [0.25, 0.3) is 6.08 Å². The number of aliphatic imine (C=N–C) groups is 1. The zero-order chi connectivity index (χ0) is 20.8. The molecule has 152 valence electrons. The summed E-state index contributed by atoms with van der Waals surface area (Å²) < 4.78 is 22.5. The Morgan fingerprint density at radius 3 is 2.55 bits per heavy atom. The first kappa shape index (κ1) is 20.9. The van der Waals surface area contributed by atoms with Gasteiger partial charge in [0, 0.05) is 5.56 Å². The van der Waals surface area contributed by atoms with Crippen molar-refractivity contribution in [1.82, 2.24) is 0 Å². The first-order valence-electron chi connectivity index (χ1n) is 9.23. The second-order valence-electron chi connectivity index (χ2n) is 6.30. The zero-order valence-corrected chi connectivity index (χ0v) is 18.1. The van der Waals surface area contributed by atoms with Gasteiger partial charge in [-0.3, -0.25) is 0 Å². The molecule has 0 fully saturated rings. The molecule has 29 heavy (non-hydrogen) atoms. The molecule has 0 aliphatic carbocycles. The van der Waals surface area contributed by atoms with E-state index in [4.69, 9.17) is 18.9 Å². The highest BCUT2D eigenvalue weighted by Gasteiger charge is 2.24. The molecule has 0 saturated carbocycles. The van der Waals surface area contributed by atoms with Crippen molar-refractivity contribution < 1.29 is 23.7 Å². The lowest BCUT2D eigenvalue weighted by Crippen LogP contribution is -2.05. The number of halogens is 1. The van der Waals surface area contributed by atoms with E-state index in [1.165, 1.54) is 0 Å². The van der Waals surface area contributed by atoms with Crippen LogP contribution in [0.5, 0.6) is 17.2 Å². The van der Waals surface area contributed by atoms with Gasteiger partial charge in [-0.05, 0) is 70.4 Å². The Labute approximate surface area is 178 Å². The lowest BCUT2D eigenvalue weighted by atomic mass is 10.1. The van der Waals surface area contributed by atoms with E-state index in [0.29, 0.717) is 29.4 Å². The van der Waals surface area contributed by atoms with Gasteiger partial charge < -0.3 is 18.9 Å². The fourth-order valence-corrected chi connectivity index (χ4v) is 3.28. The smallest absolute Gasteiger partial charge is 0.363 e. The van der Waals surface area contributed by atoms with Crippen LogP contribution in [0.15, 0.2) is 51.6 Å². The molecule has 0 atom stereocenters. The maximum atomic E-state index is 12.3. The highest BCUT2D eigenvalue weighted by molar-refractivity contribution is 9.10. The number of ether oxygens (including phenoxy) is 4. The van der Waals surface area contributed by atoms with E-state index >= 15 is 0 Å². The molecule has 1 heterocycles. The van der Waals surface area contributed by atoms with E-state index in [0.717, 1.165) is 22.9 Å². The highest BCUT2D eigenvalue weighted by Crippen LogP contribution is 2.37. The van der Waals surface area contributed by atoms with Crippen molar-refractivity contribution in [2.45, 2.75) is 19.8 Å². The summed E-state index contributed by atoms with van der Waals surface area (Å²) in [6, 6.07) is 10.8. The van der Waals surface area contributed by atoms with Crippen LogP contribution in [0, 0.1) is 0 Å². The molecule has 1 aliphatic heterocycles. The summed E-state index contributed by atoms with van der Waals surface area (Å²) in [6.07, 6.45) is 3.65. The van der Waals surface area contributed by atoms with Gasteiger partial charge in [-0.15, -0.1) is 0 Å². The van der Waals surface area contributed by atoms with Crippen LogP contribution < -0.4 is 14.2 Å². The SMILES string of the molecule is CCCCOc1c(Br)cc(/C=C2/N=C(c3ccc(OC)cc3)OC2=O)cc1OC. The number of hydrogen-bond acceptors (Lipinski definition) is 6. The molecule has 2 aromatic rings. The average molecular weight is 460 g/mol. The summed E-state index contributed by atoms with van der Waals surface area (Å²) >= 11 is 3.52. The molecule has 0 saturated heterocycles. The first-order chi connectivity index (χ1) is 14.0. The van der Waals surface area contributed by atoms with Crippen molar-refractivity contribution in [3.8, 4) is 17.2 Å². The molecule has 6 nitrogen and oxygen atoms in total. The Bertz CT molecular complexity index is 950. The third kappa shape index (κ3) is 4.98. The largest absolute Gasteiger partial charge is 0.497 e. The maximum absolute atomic E-state index is 12.3. The van der Waals surface area contributed by atoms with Crippen molar-refractivity contribution in [2.24, 2.45) is 4.99 Å². The van der Waals surface area contributed by atoms with Crippen molar-refractivity contribution in [2.75, 3.05) is 20.8 Å². The summed E-state index contributed by atoms with van der Waals surface area (Å²) in [4.78, 5) is 16.6. The fourth-order valence-electron chi connectivity index (χ4n) is 2.71. The second-order valence-corrected chi connectivity index (χ2v) is 7.16. The third-order valence-corrected chi connectivity index (χ3v) is 4.85. The van der Waals surface area contributed by atoms with Gasteiger partial charge >= 0.3 is 5.97 Å². The van der Waals surface area contributed by atoms with E-state index in [2.05, 4.69) is 27.8 Å². The lowest BCUT2D eigenvalue weighted by Gasteiger charge is -2.13. The Hall–Kier alpha value is -2.80. The Morgan fingerprint density at radius 1 is 1.14 bits per heavy atom. The average Bonchev–Trinajstić information content (AvgIpc) is 3.09. The molecule has 1 aliphatic rings. The Balaban J connectivity index is 1.87. The quantitative estimate of drug-likeness (QED) is 0.316. The molecule has 0 radical (unpaired) electrons. The number of cyclic esters (lactones) is 1. The number of nitrogens with zero attached hydrogens (tertiary/aromatic N) is 1. The van der Waals surface area contributed by atoms with E-state index in [1.54, 1.807) is 50.6 Å². The van der Waals surface area contributed by atoms with Gasteiger partial charge in [-0.1, -0.05) is 13.3 Å². The number of unbranched alkanes of at least 4 members (excludes halogenated alkanes) is 1. The topological polar surface area (TPSA) is 66.3 Å². The van der Waals surface area contributed by atoms with Crippen LogP contribution in [0.2, 0.25) is 0 Å². The van der Waals surface area contributed by atoms with Crippen LogP contribution in [0.3, 0.4) is 0 Å². The highest BCUT2D eigenvalue weighted by atomic mass is 79.9. The van der Waals surface area contributed by atoms with Crippen LogP contribution in [-0.4, -0.2) is 32.7 Å². The Kier molecular flexibility index (Phi) is 6.93. The van der Waals surface area contributed by atoms with E-state index in [1.807, 2.05) is 6.07 Å². The number of carbonyl (C=O) groups excluding carboxylic acids is 1. The summed E-state index contributed by atoms with van der Waals surface area (Å²) in [7, 11) is 3.17. The molecular formula is C22H22BrNO5. The maximum Gasteiger partial charge on any atom is 0.363 e. The Morgan fingerprint density at radius 2 is 1.90 bits per heavy atom. The van der Waals surface area contributed by atoms with Crippen LogP contribution in [0.1, 0.15) is 30.9 Å². The standard InChI is InChI=1S/C22H22BrNO5/c1-4-5-10-28-20-17(23)11-14(13-19(20)27-3)12-18-22(25)29-21(24-18)15-6-8-16(26-2)9-7-15/h6-9,11-13H,4-5,10H2,1-3H3/b18-12+. The third-order valence-electron chi connectivity index (χ3n) is 4.26. The second kappa shape index (κ2) is 9.60. The molecule has 0 amide bonds. The number of benzene rings is 2. The summed E-state index contributed by atoms with van der Waals surface area (Å²) in [5.41, 5.74) is 1.65. The predicted molar refractivity (Wildman–Crippen MR) is 115 cm³/mol. The predicted octanol–water partition coefficient (Wildman–Crippen LogP) is 4.99. The van der Waals surface area contributed by atoms with Crippen molar-refractivity contribution in [1.29, 1.82) is 0 Å². The number of rotatable bonds is 8. The molecule has 0 aromatic heterocycles. The fraction of sp³-hybridized carbons (Fsp3) is 0.273. The minimum Gasteiger partial charge on any atom is -0.497 e. The van der Waals surface area contributed by atoms with Gasteiger partial charge in [0.05, 0.1) is 25.3 Å². The van der Waals surface area contributed by atoms with Gasteiger partial charge in [-0.25, -0.2) is 9.79 Å². The minimum absolute atomic E-state index is 0.212. The molecular weight excluding hydrogens is 438 g/mol. The van der Waals surface area contributed by atoms with Gasteiger partial charge in [-0.2, -0.15) is 0 Å². The molecule has 0 bridgehead atoms. The summed E-state index contributed by atoms with van der Waals surface area (Å²) in [5, 5.41) is 0. The first-order valence-corrected chi connectivity index (χ1v) is 10.0. The van der Waals surface area contributed by atoms with Crippen molar-refractivity contribution in [3.63, 3.8) is 0 Å². The van der Waals surface area contributed by atoms with Gasteiger partial charge in [0.1, 0.15) is 5.75 Å². The molecule has 0 unspecified atom stereocenters. The van der Waals surface area contributed by atoms with Gasteiger partial charge in [0.2, 0.25) is 5.90 Å². The van der Waals surface area contributed by atoms with E-state index < -0.39 is 5.97 Å².